The summed E-state index contributed by atoms with van der Waals surface area (Å²) in [5.41, 5.74) is 1.70. The molecule has 0 radical (unpaired) electrons. The van der Waals surface area contributed by atoms with Crippen molar-refractivity contribution >= 4 is 40.8 Å². The fourth-order valence-corrected chi connectivity index (χ4v) is 2.69. The SMILES string of the molecule is Cc1oc(-c2ccc(Cl)c(Cl)c2)cc1C(=O)Nc1ccc(C(=O)O)cc1. The van der Waals surface area contributed by atoms with Crippen molar-refractivity contribution in [1.29, 1.82) is 0 Å². The molecule has 1 heterocycles. The van der Waals surface area contributed by atoms with Crippen molar-refractivity contribution in [3.05, 3.63) is 75.5 Å². The van der Waals surface area contributed by atoms with Gasteiger partial charge in [-0.25, -0.2) is 4.79 Å². The van der Waals surface area contributed by atoms with Gasteiger partial charge < -0.3 is 14.8 Å². The summed E-state index contributed by atoms with van der Waals surface area (Å²) in [5.74, 6) is -0.446. The van der Waals surface area contributed by atoms with Crippen molar-refractivity contribution in [2.75, 3.05) is 5.32 Å². The smallest absolute Gasteiger partial charge is 0.335 e. The average molecular weight is 390 g/mol. The Kier molecular flexibility index (Phi) is 5.02. The minimum absolute atomic E-state index is 0.143. The minimum atomic E-state index is -1.03. The number of hydrogen-bond acceptors (Lipinski definition) is 3. The molecule has 2 N–H and O–H groups in total. The van der Waals surface area contributed by atoms with E-state index in [9.17, 15) is 9.59 Å². The monoisotopic (exact) mass is 389 g/mol. The number of rotatable bonds is 4. The molecule has 3 aromatic rings. The third-order valence-electron chi connectivity index (χ3n) is 3.76. The van der Waals surface area contributed by atoms with Crippen LogP contribution in [0.4, 0.5) is 5.69 Å². The molecule has 0 spiro atoms. The highest BCUT2D eigenvalue weighted by Gasteiger charge is 2.17. The van der Waals surface area contributed by atoms with E-state index in [0.717, 1.165) is 0 Å². The van der Waals surface area contributed by atoms with E-state index in [-0.39, 0.29) is 11.5 Å². The van der Waals surface area contributed by atoms with E-state index >= 15 is 0 Å². The lowest BCUT2D eigenvalue weighted by molar-refractivity contribution is 0.0696. The Morgan fingerprint density at radius 3 is 2.31 bits per heavy atom. The van der Waals surface area contributed by atoms with E-state index in [1.54, 1.807) is 31.2 Å². The lowest BCUT2D eigenvalue weighted by Gasteiger charge is -2.04. The second-order valence-corrected chi connectivity index (χ2v) is 6.36. The normalized spacial score (nSPS) is 10.6. The van der Waals surface area contributed by atoms with E-state index < -0.39 is 5.97 Å². The molecule has 0 aliphatic rings. The van der Waals surface area contributed by atoms with E-state index in [0.29, 0.717) is 38.4 Å². The van der Waals surface area contributed by atoms with E-state index in [2.05, 4.69) is 5.32 Å². The van der Waals surface area contributed by atoms with Gasteiger partial charge in [0.25, 0.3) is 5.91 Å². The van der Waals surface area contributed by atoms with Gasteiger partial charge in [-0.2, -0.15) is 0 Å². The van der Waals surface area contributed by atoms with Gasteiger partial charge in [-0.15, -0.1) is 0 Å². The van der Waals surface area contributed by atoms with E-state index in [1.807, 2.05) is 0 Å². The molecular formula is C19H13Cl2NO4. The average Bonchev–Trinajstić information content (AvgIpc) is 2.99. The largest absolute Gasteiger partial charge is 0.478 e. The van der Waals surface area contributed by atoms with Crippen molar-refractivity contribution in [3.8, 4) is 11.3 Å². The second-order valence-electron chi connectivity index (χ2n) is 5.55. The lowest BCUT2D eigenvalue weighted by Crippen LogP contribution is -2.12. The molecule has 1 aromatic heterocycles. The molecule has 0 saturated heterocycles. The van der Waals surface area contributed by atoms with Crippen LogP contribution in [0.3, 0.4) is 0 Å². The minimum Gasteiger partial charge on any atom is -0.478 e. The third-order valence-corrected chi connectivity index (χ3v) is 4.50. The van der Waals surface area contributed by atoms with Gasteiger partial charge in [-0.3, -0.25) is 4.79 Å². The molecule has 5 nitrogen and oxygen atoms in total. The van der Waals surface area contributed by atoms with Crippen LogP contribution in [0.1, 0.15) is 26.5 Å². The molecule has 0 unspecified atom stereocenters. The summed E-state index contributed by atoms with van der Waals surface area (Å²) in [6.45, 7) is 1.68. The van der Waals surface area contributed by atoms with Crippen LogP contribution in [-0.2, 0) is 0 Å². The first-order valence-corrected chi connectivity index (χ1v) is 8.31. The van der Waals surface area contributed by atoms with Gasteiger partial charge in [0.2, 0.25) is 0 Å². The first-order valence-electron chi connectivity index (χ1n) is 7.55. The number of benzene rings is 2. The van der Waals surface area contributed by atoms with Crippen LogP contribution in [-0.4, -0.2) is 17.0 Å². The van der Waals surface area contributed by atoms with Crippen molar-refractivity contribution in [2.45, 2.75) is 6.92 Å². The predicted molar refractivity (Wildman–Crippen MR) is 100 cm³/mol. The van der Waals surface area contributed by atoms with Crippen LogP contribution >= 0.6 is 23.2 Å². The highest BCUT2D eigenvalue weighted by Crippen LogP contribution is 2.31. The quantitative estimate of drug-likeness (QED) is 0.616. The van der Waals surface area contributed by atoms with Crippen LogP contribution in [0.15, 0.2) is 52.9 Å². The molecule has 2 aromatic carbocycles. The Morgan fingerprint density at radius 1 is 1.00 bits per heavy atom. The Bertz CT molecular complexity index is 993. The second kappa shape index (κ2) is 7.23. The van der Waals surface area contributed by atoms with Gasteiger partial charge >= 0.3 is 5.97 Å². The third kappa shape index (κ3) is 3.74. The number of carboxylic acid groups (broad SMARTS) is 1. The fourth-order valence-electron chi connectivity index (χ4n) is 2.39. The summed E-state index contributed by atoms with van der Waals surface area (Å²) in [5, 5.41) is 12.4. The maximum absolute atomic E-state index is 12.5. The van der Waals surface area contributed by atoms with Crippen LogP contribution in [0.2, 0.25) is 10.0 Å². The van der Waals surface area contributed by atoms with Gasteiger partial charge in [0.05, 0.1) is 21.2 Å². The van der Waals surface area contributed by atoms with Gasteiger partial charge in [0.15, 0.2) is 0 Å². The molecule has 0 fully saturated rings. The molecule has 132 valence electrons. The number of carbonyl (C=O) groups excluding carboxylic acids is 1. The van der Waals surface area contributed by atoms with Gasteiger partial charge in [0.1, 0.15) is 11.5 Å². The molecule has 0 aliphatic heterocycles. The number of amides is 1. The Balaban J connectivity index is 1.82. The first-order chi connectivity index (χ1) is 12.3. The number of anilines is 1. The van der Waals surface area contributed by atoms with Crippen molar-refractivity contribution in [3.63, 3.8) is 0 Å². The van der Waals surface area contributed by atoms with Crippen molar-refractivity contribution in [1.82, 2.24) is 0 Å². The molecule has 7 heteroatoms. The van der Waals surface area contributed by atoms with Crippen molar-refractivity contribution < 1.29 is 19.1 Å². The Labute approximate surface area is 159 Å². The molecule has 26 heavy (non-hydrogen) atoms. The predicted octanol–water partition coefficient (Wildman–Crippen LogP) is 5.51. The van der Waals surface area contributed by atoms with E-state index in [4.69, 9.17) is 32.7 Å². The van der Waals surface area contributed by atoms with Gasteiger partial charge in [-0.05, 0) is 55.5 Å². The summed E-state index contributed by atoms with van der Waals surface area (Å²) < 4.78 is 5.66. The number of furan rings is 1. The number of nitrogens with one attached hydrogen (secondary N) is 1. The summed E-state index contributed by atoms with van der Waals surface area (Å²) in [6, 6.07) is 12.6. The Hall–Kier alpha value is -2.76. The number of aryl methyl sites for hydroxylation is 1. The van der Waals surface area contributed by atoms with Crippen molar-refractivity contribution in [2.24, 2.45) is 0 Å². The van der Waals surface area contributed by atoms with Gasteiger partial charge in [-0.1, -0.05) is 23.2 Å². The Morgan fingerprint density at radius 2 is 1.69 bits per heavy atom. The maximum Gasteiger partial charge on any atom is 0.335 e. The van der Waals surface area contributed by atoms with Gasteiger partial charge in [0, 0.05) is 11.3 Å². The summed E-state index contributed by atoms with van der Waals surface area (Å²) in [7, 11) is 0. The molecule has 1 amide bonds. The van der Waals surface area contributed by atoms with E-state index in [1.165, 1.54) is 24.3 Å². The number of carbonyl (C=O) groups is 2. The standard InChI is InChI=1S/C19H13Cl2NO4/c1-10-14(9-17(26-10)12-4-7-15(20)16(21)8-12)18(23)22-13-5-2-11(3-6-13)19(24)25/h2-9H,1H3,(H,22,23)(H,24,25). The molecule has 3 rings (SSSR count). The zero-order chi connectivity index (χ0) is 18.8. The number of hydrogen-bond donors (Lipinski definition) is 2. The van der Waals surface area contributed by atoms with Crippen LogP contribution < -0.4 is 5.32 Å². The highest BCUT2D eigenvalue weighted by atomic mass is 35.5. The molecule has 0 atom stereocenters. The molecular weight excluding hydrogens is 377 g/mol. The maximum atomic E-state index is 12.5. The summed E-state index contributed by atoms with van der Waals surface area (Å²) >= 11 is 11.9. The zero-order valence-electron chi connectivity index (χ0n) is 13.5. The first kappa shape index (κ1) is 18.0. The molecule has 0 saturated carbocycles. The fraction of sp³-hybridized carbons (Fsp3) is 0.0526. The number of aromatic carboxylic acids is 1. The lowest BCUT2D eigenvalue weighted by atomic mass is 10.1. The molecule has 0 bridgehead atoms. The summed E-state index contributed by atoms with van der Waals surface area (Å²) in [6.07, 6.45) is 0. The highest BCUT2D eigenvalue weighted by molar-refractivity contribution is 6.42. The summed E-state index contributed by atoms with van der Waals surface area (Å²) in [4.78, 5) is 23.4. The van der Waals surface area contributed by atoms with Crippen LogP contribution in [0.25, 0.3) is 11.3 Å². The molecule has 0 aliphatic carbocycles. The van der Waals surface area contributed by atoms with Crippen LogP contribution in [0.5, 0.6) is 0 Å². The number of halogens is 2. The number of carboxylic acids is 1. The zero-order valence-corrected chi connectivity index (χ0v) is 15.1. The van der Waals surface area contributed by atoms with Crippen LogP contribution in [0, 0.1) is 6.92 Å². The topological polar surface area (TPSA) is 79.5 Å².